The van der Waals surface area contributed by atoms with Crippen LogP contribution in [-0.2, 0) is 48.9 Å². The first-order valence-electron chi connectivity index (χ1n) is 15.4. The number of carboxylic acid groups (broad SMARTS) is 2. The van der Waals surface area contributed by atoms with E-state index in [1.807, 2.05) is 0 Å². The fraction of sp³-hybridized carbons (Fsp3) is 0.733. The quantitative estimate of drug-likeness (QED) is 0.0403. The van der Waals surface area contributed by atoms with Crippen molar-refractivity contribution in [2.45, 2.75) is 120 Å². The lowest BCUT2D eigenvalue weighted by Crippen LogP contribution is -2.55. The number of carboxylic acids is 2. The van der Waals surface area contributed by atoms with Crippen LogP contribution in [0.2, 0.25) is 0 Å². The van der Waals surface area contributed by atoms with Gasteiger partial charge < -0.3 is 19.7 Å². The Morgan fingerprint density at radius 1 is 0.739 bits per heavy atom. The van der Waals surface area contributed by atoms with Crippen molar-refractivity contribution in [2.75, 3.05) is 13.2 Å². The first kappa shape index (κ1) is 45.3. The van der Waals surface area contributed by atoms with Gasteiger partial charge in [0.2, 0.25) is 4.75 Å². The van der Waals surface area contributed by atoms with Gasteiger partial charge in [-0.1, -0.05) is 116 Å². The van der Waals surface area contributed by atoms with Crippen molar-refractivity contribution in [1.29, 1.82) is 0 Å². The summed E-state index contributed by atoms with van der Waals surface area (Å²) in [6, 6.07) is 0. The Hall–Kier alpha value is -2.82. The van der Waals surface area contributed by atoms with Gasteiger partial charge in [-0.05, 0) is 12.8 Å². The minimum Gasteiger partial charge on any atom is -0.481 e. The van der Waals surface area contributed by atoms with Gasteiger partial charge >= 0.3 is 23.9 Å². The first-order chi connectivity index (χ1) is 21.5. The Morgan fingerprint density at radius 2 is 1.20 bits per heavy atom. The van der Waals surface area contributed by atoms with Crippen LogP contribution in [0.25, 0.3) is 0 Å². The van der Waals surface area contributed by atoms with Crippen molar-refractivity contribution >= 4 is 44.1 Å². The summed E-state index contributed by atoms with van der Waals surface area (Å²) >= 11 is 0. The largest absolute Gasteiger partial charge is 0.481 e. The number of carbonyl (C=O) groups excluding carboxylic acids is 2. The number of hydrogen-bond donors (Lipinski definition) is 4. The third-order valence-corrected chi connectivity index (χ3v) is 9.77. The molecular formula is C30H52O14S2. The Kier molecular flexibility index (Phi) is 24.0. The maximum absolute atomic E-state index is 12.1. The molecule has 46 heavy (non-hydrogen) atoms. The molecule has 0 amide bonds. The monoisotopic (exact) mass is 700 g/mol. The second-order valence-corrected chi connectivity index (χ2v) is 14.0. The molecule has 0 bridgehead atoms. The Bertz CT molecular complexity index is 1160. The summed E-state index contributed by atoms with van der Waals surface area (Å²) in [5.41, 5.74) is 0. The maximum atomic E-state index is 12.1. The summed E-state index contributed by atoms with van der Waals surface area (Å²) in [4.78, 5) is 46.2. The molecule has 3 unspecified atom stereocenters. The molecule has 268 valence electrons. The standard InChI is InChI=1S/C20H38O7S.C10H14O7S/c1-3-5-7-9-11-13-15-17(18(21)22)20(19(23)24,28(25,26)27)16-14-12-10-8-6-4-2;1-3-5-16-9(11)7-8(18(13,14)15)10(12)17-6-4-2/h17H,3-16H2,1-2H3,(H,21,22)(H,23,24)(H,25,26,27);3-4,8H,1-2,5-7H2,(H,13,14,15). The van der Waals surface area contributed by atoms with E-state index in [4.69, 9.17) is 4.55 Å². The highest BCUT2D eigenvalue weighted by molar-refractivity contribution is 7.88. The van der Waals surface area contributed by atoms with E-state index in [0.717, 1.165) is 51.4 Å². The molecular weight excluding hydrogens is 648 g/mol. The van der Waals surface area contributed by atoms with Crippen LogP contribution in [0.3, 0.4) is 0 Å². The third-order valence-electron chi connectivity index (χ3n) is 7.11. The Balaban J connectivity index is 0. The number of aliphatic carboxylic acids is 2. The van der Waals surface area contributed by atoms with Gasteiger partial charge in [-0.2, -0.15) is 16.8 Å². The molecule has 16 heteroatoms. The lowest BCUT2D eigenvalue weighted by molar-refractivity contribution is -0.152. The summed E-state index contributed by atoms with van der Waals surface area (Å²) in [7, 11) is -9.85. The number of esters is 2. The molecule has 0 heterocycles. The predicted octanol–water partition coefficient (Wildman–Crippen LogP) is 4.99. The van der Waals surface area contributed by atoms with Crippen molar-refractivity contribution in [3.8, 4) is 0 Å². The van der Waals surface area contributed by atoms with Crippen molar-refractivity contribution in [1.82, 2.24) is 0 Å². The highest BCUT2D eigenvalue weighted by atomic mass is 32.2. The van der Waals surface area contributed by atoms with Crippen molar-refractivity contribution < 1.29 is 64.8 Å². The summed E-state index contributed by atoms with van der Waals surface area (Å²) in [5, 5.41) is 17.3. The molecule has 0 spiro atoms. The van der Waals surface area contributed by atoms with Gasteiger partial charge in [-0.15, -0.1) is 0 Å². The van der Waals surface area contributed by atoms with Crippen LogP contribution < -0.4 is 0 Å². The van der Waals surface area contributed by atoms with E-state index in [-0.39, 0.29) is 32.5 Å². The first-order valence-corrected chi connectivity index (χ1v) is 18.4. The van der Waals surface area contributed by atoms with Gasteiger partial charge in [0.15, 0.2) is 5.25 Å². The molecule has 4 N–H and O–H groups in total. The molecule has 0 aromatic rings. The van der Waals surface area contributed by atoms with Gasteiger partial charge in [0, 0.05) is 0 Å². The van der Waals surface area contributed by atoms with Crippen molar-refractivity contribution in [2.24, 2.45) is 5.92 Å². The van der Waals surface area contributed by atoms with E-state index >= 15 is 0 Å². The van der Waals surface area contributed by atoms with Crippen LogP contribution in [0.4, 0.5) is 0 Å². The smallest absolute Gasteiger partial charge is 0.328 e. The number of rotatable bonds is 26. The second-order valence-electron chi connectivity index (χ2n) is 10.7. The van der Waals surface area contributed by atoms with E-state index in [1.165, 1.54) is 12.2 Å². The lowest BCUT2D eigenvalue weighted by atomic mass is 9.82. The van der Waals surface area contributed by atoms with Gasteiger partial charge in [-0.3, -0.25) is 28.3 Å². The molecule has 14 nitrogen and oxygen atoms in total. The highest BCUT2D eigenvalue weighted by Gasteiger charge is 2.58. The van der Waals surface area contributed by atoms with E-state index in [2.05, 4.69) is 36.5 Å². The maximum Gasteiger partial charge on any atom is 0.328 e. The molecule has 0 rings (SSSR count). The minimum atomic E-state index is -5.10. The van der Waals surface area contributed by atoms with Gasteiger partial charge in [-0.25, -0.2) is 0 Å². The third kappa shape index (κ3) is 17.8. The zero-order valence-corrected chi connectivity index (χ0v) is 28.6. The topological polar surface area (TPSA) is 236 Å². The predicted molar refractivity (Wildman–Crippen MR) is 171 cm³/mol. The Morgan fingerprint density at radius 3 is 1.61 bits per heavy atom. The molecule has 0 saturated carbocycles. The van der Waals surface area contributed by atoms with Gasteiger partial charge in [0.1, 0.15) is 13.2 Å². The molecule has 0 aromatic carbocycles. The van der Waals surface area contributed by atoms with E-state index < -0.39 is 66.4 Å². The molecule has 0 aliphatic rings. The molecule has 0 saturated heterocycles. The van der Waals surface area contributed by atoms with Crippen LogP contribution in [-0.4, -0.2) is 83.2 Å². The average Bonchev–Trinajstić information content (AvgIpc) is 2.96. The zero-order chi connectivity index (χ0) is 35.8. The fourth-order valence-electron chi connectivity index (χ4n) is 4.61. The van der Waals surface area contributed by atoms with Crippen molar-refractivity contribution in [3.05, 3.63) is 25.3 Å². The Labute approximate surface area is 273 Å². The SMILES string of the molecule is C=CCOC(=O)CC(C(=O)OCC=C)S(=O)(=O)O.CCCCCCCCC(C(=O)O)C(CCCCCCCC)(C(=O)O)S(=O)(=O)O. The van der Waals surface area contributed by atoms with Gasteiger partial charge in [0.25, 0.3) is 20.2 Å². The molecule has 0 aromatic heterocycles. The number of carbonyl (C=O) groups is 4. The average molecular weight is 701 g/mol. The van der Waals surface area contributed by atoms with Crippen molar-refractivity contribution in [3.63, 3.8) is 0 Å². The van der Waals surface area contributed by atoms with E-state index in [0.29, 0.717) is 19.3 Å². The molecule has 0 aliphatic carbocycles. The summed E-state index contributed by atoms with van der Waals surface area (Å²) in [5.74, 6) is -7.13. The normalized spacial score (nSPS) is 14.0. The molecule has 0 fully saturated rings. The molecule has 0 aliphatic heterocycles. The number of unbranched alkanes of at least 4 members (excludes halogenated alkanes) is 10. The van der Waals surface area contributed by atoms with E-state index in [1.54, 1.807) is 0 Å². The zero-order valence-electron chi connectivity index (χ0n) is 26.9. The number of hydrogen-bond acceptors (Lipinski definition) is 10. The van der Waals surface area contributed by atoms with E-state index in [9.17, 15) is 50.8 Å². The summed E-state index contributed by atoms with van der Waals surface area (Å²) in [6.45, 7) is 10.3. The molecule has 0 radical (unpaired) electrons. The van der Waals surface area contributed by atoms with Crippen LogP contribution in [0.1, 0.15) is 110 Å². The summed E-state index contributed by atoms with van der Waals surface area (Å²) < 4.78 is 71.0. The van der Waals surface area contributed by atoms with Crippen LogP contribution >= 0.6 is 0 Å². The second kappa shape index (κ2) is 24.4. The fourth-order valence-corrected chi connectivity index (χ4v) is 6.47. The van der Waals surface area contributed by atoms with Gasteiger partial charge in [0.05, 0.1) is 12.3 Å². The highest BCUT2D eigenvalue weighted by Crippen LogP contribution is 2.37. The van der Waals surface area contributed by atoms with Crippen LogP contribution in [0, 0.1) is 5.92 Å². The number of ether oxygens (including phenoxy) is 2. The summed E-state index contributed by atoms with van der Waals surface area (Å²) in [6.07, 6.45) is 11.1. The van der Waals surface area contributed by atoms with Crippen LogP contribution in [0.15, 0.2) is 25.3 Å². The molecule has 3 atom stereocenters. The minimum absolute atomic E-state index is 0.0800. The lowest BCUT2D eigenvalue weighted by Gasteiger charge is -2.32. The van der Waals surface area contributed by atoms with Crippen LogP contribution in [0.5, 0.6) is 0 Å².